The minimum absolute atomic E-state index is 0.0173. The molecule has 0 heterocycles. The average molecular weight is 574 g/mol. The van der Waals surface area contributed by atoms with E-state index in [1.807, 2.05) is 52.8 Å². The number of nitrogens with zero attached hydrogens (tertiary/aromatic N) is 1. The summed E-state index contributed by atoms with van der Waals surface area (Å²) in [6.07, 6.45) is 8.25. The molecule has 0 aliphatic carbocycles. The van der Waals surface area contributed by atoms with E-state index in [1.54, 1.807) is 25.7 Å². The molecule has 1 aromatic carbocycles. The number of hydrogen-bond acceptors (Lipinski definition) is 4. The number of rotatable bonds is 17. The second kappa shape index (κ2) is 18.1. The van der Waals surface area contributed by atoms with Crippen LogP contribution in [0.3, 0.4) is 0 Å². The number of nitrogens with one attached hydrogen (secondary N) is 2. The molecular weight excluding hydrogens is 514 g/mol. The van der Waals surface area contributed by atoms with Gasteiger partial charge >= 0.3 is 6.09 Å². The molecule has 7 nitrogen and oxygen atoms in total. The molecule has 4 atom stereocenters. The summed E-state index contributed by atoms with van der Waals surface area (Å²) < 4.78 is 5.54. The first-order valence-electron chi connectivity index (χ1n) is 15.9. The van der Waals surface area contributed by atoms with Crippen molar-refractivity contribution in [3.05, 3.63) is 34.9 Å². The molecular formula is C34H59N3O4. The van der Waals surface area contributed by atoms with Gasteiger partial charge in [-0.1, -0.05) is 90.8 Å². The lowest BCUT2D eigenvalue weighted by atomic mass is 9.92. The van der Waals surface area contributed by atoms with Crippen molar-refractivity contribution in [2.75, 3.05) is 6.54 Å². The van der Waals surface area contributed by atoms with Crippen LogP contribution in [0.5, 0.6) is 0 Å². The molecule has 7 heteroatoms. The summed E-state index contributed by atoms with van der Waals surface area (Å²) >= 11 is 0. The lowest BCUT2D eigenvalue weighted by Crippen LogP contribution is -2.56. The molecule has 0 fully saturated rings. The number of carbonyl (C=O) groups is 3. The van der Waals surface area contributed by atoms with Gasteiger partial charge in [-0.05, 0) is 77.0 Å². The number of benzene rings is 1. The van der Waals surface area contributed by atoms with E-state index in [2.05, 4.69) is 24.5 Å². The van der Waals surface area contributed by atoms with Gasteiger partial charge in [0.1, 0.15) is 17.7 Å². The Balaban J connectivity index is 3.58. The third-order valence-corrected chi connectivity index (χ3v) is 7.80. The van der Waals surface area contributed by atoms with Crippen LogP contribution in [0.4, 0.5) is 4.79 Å². The van der Waals surface area contributed by atoms with E-state index < -0.39 is 23.8 Å². The van der Waals surface area contributed by atoms with E-state index in [4.69, 9.17) is 4.74 Å². The average Bonchev–Trinajstić information content (AvgIpc) is 2.88. The van der Waals surface area contributed by atoms with Gasteiger partial charge in [0.05, 0.1) is 0 Å². The second-order valence-electron chi connectivity index (χ2n) is 12.7. The molecule has 0 saturated carbocycles. The second-order valence-corrected chi connectivity index (χ2v) is 12.7. The lowest BCUT2D eigenvalue weighted by molar-refractivity contribution is -0.143. The summed E-state index contributed by atoms with van der Waals surface area (Å²) in [6, 6.07) is 4.30. The number of aryl methyl sites for hydroxylation is 1. The van der Waals surface area contributed by atoms with Gasteiger partial charge in [0.2, 0.25) is 11.8 Å². The number of hydrogen-bond donors (Lipinski definition) is 2. The normalized spacial score (nSPS) is 14.5. The van der Waals surface area contributed by atoms with Gasteiger partial charge in [-0.15, -0.1) is 0 Å². The predicted octanol–water partition coefficient (Wildman–Crippen LogP) is 7.78. The minimum atomic E-state index is -0.816. The maximum absolute atomic E-state index is 14.5. The van der Waals surface area contributed by atoms with Crippen molar-refractivity contribution in [1.82, 2.24) is 15.5 Å². The van der Waals surface area contributed by atoms with Gasteiger partial charge in [0.15, 0.2) is 0 Å². The Morgan fingerprint density at radius 2 is 1.54 bits per heavy atom. The molecule has 0 aliphatic heterocycles. The maximum Gasteiger partial charge on any atom is 0.408 e. The Morgan fingerprint density at radius 1 is 0.902 bits per heavy atom. The molecule has 41 heavy (non-hydrogen) atoms. The zero-order valence-corrected chi connectivity index (χ0v) is 27.7. The number of ether oxygens (including phenoxy) is 1. The van der Waals surface area contributed by atoms with Crippen LogP contribution in [0.25, 0.3) is 0 Å². The number of carbonyl (C=O) groups excluding carboxylic acids is 3. The summed E-state index contributed by atoms with van der Waals surface area (Å²) in [5.41, 5.74) is 2.20. The third kappa shape index (κ3) is 12.5. The van der Waals surface area contributed by atoms with Crippen molar-refractivity contribution in [2.24, 2.45) is 5.92 Å². The van der Waals surface area contributed by atoms with Crippen LogP contribution in [0.1, 0.15) is 136 Å². The van der Waals surface area contributed by atoms with Gasteiger partial charge in [0, 0.05) is 12.6 Å². The van der Waals surface area contributed by atoms with Crippen molar-refractivity contribution in [3.8, 4) is 0 Å². The molecule has 0 bridgehead atoms. The molecule has 1 rings (SSSR count). The molecule has 0 radical (unpaired) electrons. The molecule has 0 aliphatic rings. The highest BCUT2D eigenvalue weighted by Crippen LogP contribution is 2.29. The molecule has 0 spiro atoms. The van der Waals surface area contributed by atoms with Crippen LogP contribution in [-0.4, -0.2) is 47.0 Å². The van der Waals surface area contributed by atoms with Crippen LogP contribution in [0.15, 0.2) is 18.2 Å². The van der Waals surface area contributed by atoms with Crippen LogP contribution in [0, 0.1) is 19.8 Å². The Labute approximate surface area is 250 Å². The minimum Gasteiger partial charge on any atom is -0.444 e. The molecule has 3 amide bonds. The summed E-state index contributed by atoms with van der Waals surface area (Å²) in [4.78, 5) is 43.2. The fourth-order valence-corrected chi connectivity index (χ4v) is 5.07. The largest absolute Gasteiger partial charge is 0.444 e. The smallest absolute Gasteiger partial charge is 0.408 e. The highest BCUT2D eigenvalue weighted by atomic mass is 16.6. The predicted molar refractivity (Wildman–Crippen MR) is 169 cm³/mol. The Bertz CT molecular complexity index is 956. The van der Waals surface area contributed by atoms with Crippen molar-refractivity contribution in [1.29, 1.82) is 0 Å². The van der Waals surface area contributed by atoms with Gasteiger partial charge in [-0.25, -0.2) is 4.79 Å². The summed E-state index contributed by atoms with van der Waals surface area (Å²) in [5.74, 6) is -0.578. The first-order valence-corrected chi connectivity index (χ1v) is 15.9. The van der Waals surface area contributed by atoms with Crippen LogP contribution in [0.2, 0.25) is 0 Å². The van der Waals surface area contributed by atoms with E-state index in [0.717, 1.165) is 55.2 Å². The zero-order chi connectivity index (χ0) is 31.2. The van der Waals surface area contributed by atoms with E-state index in [0.29, 0.717) is 13.0 Å². The fraction of sp³-hybridized carbons (Fsp3) is 0.735. The lowest BCUT2D eigenvalue weighted by Gasteiger charge is -2.37. The maximum atomic E-state index is 14.5. The molecule has 2 N–H and O–H groups in total. The first-order chi connectivity index (χ1) is 19.3. The summed E-state index contributed by atoms with van der Waals surface area (Å²) in [5, 5.41) is 6.06. The van der Waals surface area contributed by atoms with Crippen molar-refractivity contribution >= 4 is 17.9 Å². The summed E-state index contributed by atoms with van der Waals surface area (Å²) in [6.45, 7) is 20.1. The van der Waals surface area contributed by atoms with Crippen molar-refractivity contribution in [2.45, 2.75) is 151 Å². The highest BCUT2D eigenvalue weighted by molar-refractivity contribution is 5.92. The van der Waals surface area contributed by atoms with Gasteiger partial charge < -0.3 is 20.3 Å². The standard InChI is InChI=1S/C34H59N3O4/c1-11-14-15-16-17-18-23-37(32(39)29(24(4)13-3)36-33(40)41-34(8,9)10)30(31(38)35-26(6)20-12-2)28-22-19-21-25(5)27(28)7/h19,21-22,24,26,29-30H,11-18,20,23H2,1-10H3,(H,35,38)(H,36,40). The van der Waals surface area contributed by atoms with E-state index in [-0.39, 0.29) is 23.8 Å². The number of alkyl carbamates (subject to hydrolysis) is 1. The molecule has 4 unspecified atom stereocenters. The molecule has 0 aromatic heterocycles. The third-order valence-electron chi connectivity index (χ3n) is 7.80. The van der Waals surface area contributed by atoms with Crippen LogP contribution in [-0.2, 0) is 14.3 Å². The zero-order valence-electron chi connectivity index (χ0n) is 27.7. The van der Waals surface area contributed by atoms with Crippen LogP contribution < -0.4 is 10.6 Å². The molecule has 1 aromatic rings. The first kappa shape index (κ1) is 36.5. The van der Waals surface area contributed by atoms with Gasteiger partial charge in [0.25, 0.3) is 0 Å². The van der Waals surface area contributed by atoms with Gasteiger partial charge in [-0.2, -0.15) is 0 Å². The highest BCUT2D eigenvalue weighted by Gasteiger charge is 2.38. The van der Waals surface area contributed by atoms with E-state index in [9.17, 15) is 14.4 Å². The van der Waals surface area contributed by atoms with Crippen molar-refractivity contribution in [3.63, 3.8) is 0 Å². The SMILES string of the molecule is CCCCCCCCN(C(=O)C(NC(=O)OC(C)(C)C)C(C)CC)C(C(=O)NC(C)CCC)c1cccc(C)c1C. The topological polar surface area (TPSA) is 87.7 Å². The fourth-order valence-electron chi connectivity index (χ4n) is 5.07. The number of amides is 3. The monoisotopic (exact) mass is 573 g/mol. The Hall–Kier alpha value is -2.57. The number of unbranched alkanes of at least 4 members (excludes halogenated alkanes) is 5. The Kier molecular flexibility index (Phi) is 16.1. The quantitative estimate of drug-likeness (QED) is 0.186. The van der Waals surface area contributed by atoms with E-state index >= 15 is 0 Å². The van der Waals surface area contributed by atoms with Gasteiger partial charge in [-0.3, -0.25) is 9.59 Å². The summed E-state index contributed by atoms with van der Waals surface area (Å²) in [7, 11) is 0. The van der Waals surface area contributed by atoms with E-state index in [1.165, 1.54) is 12.8 Å². The Morgan fingerprint density at radius 3 is 2.12 bits per heavy atom. The molecule has 234 valence electrons. The van der Waals surface area contributed by atoms with Crippen LogP contribution >= 0.6 is 0 Å². The van der Waals surface area contributed by atoms with Crippen molar-refractivity contribution < 1.29 is 19.1 Å². The molecule has 0 saturated heterocycles.